The minimum absolute atomic E-state index is 0.135. The van der Waals surface area contributed by atoms with Gasteiger partial charge in [-0.1, -0.05) is 12.1 Å². The molecule has 0 saturated carbocycles. The highest BCUT2D eigenvalue weighted by Gasteiger charge is 2.09. The van der Waals surface area contributed by atoms with Gasteiger partial charge in [-0.3, -0.25) is 0 Å². The first-order valence-electron chi connectivity index (χ1n) is 4.83. The van der Waals surface area contributed by atoms with Crippen molar-refractivity contribution in [3.63, 3.8) is 0 Å². The first kappa shape index (κ1) is 11.1. The van der Waals surface area contributed by atoms with Crippen LogP contribution in [-0.4, -0.2) is 5.11 Å². The fraction of sp³-hybridized carbons (Fsp3) is 0.167. The Morgan fingerprint density at radius 3 is 2.88 bits per heavy atom. The monoisotopic (exact) mass is 238 g/mol. The van der Waals surface area contributed by atoms with Crippen LogP contribution in [0.2, 0.25) is 0 Å². The lowest BCUT2D eigenvalue weighted by Gasteiger charge is -2.10. The molecule has 1 aromatic heterocycles. The zero-order valence-electron chi connectivity index (χ0n) is 8.52. The third kappa shape index (κ3) is 2.40. The normalized spacial score (nSPS) is 10.4. The molecular weight excluding hydrogens is 227 g/mol. The Kier molecular flexibility index (Phi) is 3.54. The lowest BCUT2D eigenvalue weighted by atomic mass is 10.2. The van der Waals surface area contributed by atoms with Gasteiger partial charge in [0.05, 0.1) is 6.61 Å². The molecule has 0 aliphatic rings. The molecule has 0 bridgehead atoms. The molecule has 0 amide bonds. The number of aliphatic hydroxyl groups is 1. The molecule has 2 nitrogen and oxygen atoms in total. The van der Waals surface area contributed by atoms with Crippen LogP contribution in [0.1, 0.15) is 11.1 Å². The topological polar surface area (TPSA) is 29.5 Å². The molecule has 4 heteroatoms. The van der Waals surface area contributed by atoms with Gasteiger partial charge >= 0.3 is 0 Å². The SMILES string of the molecule is OCc1cccc(F)c1OCc1ccsc1. The molecule has 84 valence electrons. The summed E-state index contributed by atoms with van der Waals surface area (Å²) in [5, 5.41) is 12.9. The van der Waals surface area contributed by atoms with Crippen LogP contribution in [0.5, 0.6) is 5.75 Å². The number of thiophene rings is 1. The first-order chi connectivity index (χ1) is 7.81. The zero-order chi connectivity index (χ0) is 11.4. The van der Waals surface area contributed by atoms with Gasteiger partial charge in [-0.05, 0) is 28.5 Å². The number of rotatable bonds is 4. The number of hydrogen-bond acceptors (Lipinski definition) is 3. The number of hydrogen-bond donors (Lipinski definition) is 1. The number of aliphatic hydroxyl groups excluding tert-OH is 1. The van der Waals surface area contributed by atoms with E-state index in [9.17, 15) is 4.39 Å². The van der Waals surface area contributed by atoms with Crippen molar-refractivity contribution in [2.75, 3.05) is 0 Å². The fourth-order valence-corrected chi connectivity index (χ4v) is 2.02. The Morgan fingerprint density at radius 1 is 1.31 bits per heavy atom. The maximum absolute atomic E-state index is 13.4. The largest absolute Gasteiger partial charge is 0.485 e. The van der Waals surface area contributed by atoms with E-state index in [2.05, 4.69) is 0 Å². The highest BCUT2D eigenvalue weighted by atomic mass is 32.1. The van der Waals surface area contributed by atoms with E-state index >= 15 is 0 Å². The molecule has 0 fully saturated rings. The van der Waals surface area contributed by atoms with E-state index in [0.717, 1.165) is 5.56 Å². The average Bonchev–Trinajstić information content (AvgIpc) is 2.80. The molecule has 0 saturated heterocycles. The average molecular weight is 238 g/mol. The Balaban J connectivity index is 2.14. The molecule has 0 aliphatic carbocycles. The molecule has 2 rings (SSSR count). The standard InChI is InChI=1S/C12H11FO2S/c13-11-3-1-2-10(6-14)12(11)15-7-9-4-5-16-8-9/h1-5,8,14H,6-7H2. The summed E-state index contributed by atoms with van der Waals surface area (Å²) in [6.07, 6.45) is 0. The molecule has 1 aromatic carbocycles. The maximum atomic E-state index is 13.4. The smallest absolute Gasteiger partial charge is 0.165 e. The van der Waals surface area contributed by atoms with Gasteiger partial charge in [-0.25, -0.2) is 4.39 Å². The van der Waals surface area contributed by atoms with Crippen LogP contribution >= 0.6 is 11.3 Å². The molecule has 2 aromatic rings. The second-order valence-corrected chi connectivity index (χ2v) is 4.09. The number of halogens is 1. The quantitative estimate of drug-likeness (QED) is 0.887. The number of para-hydroxylation sites is 1. The van der Waals surface area contributed by atoms with Crippen molar-refractivity contribution >= 4 is 11.3 Å². The van der Waals surface area contributed by atoms with E-state index in [0.29, 0.717) is 12.2 Å². The number of ether oxygens (including phenoxy) is 1. The van der Waals surface area contributed by atoms with Crippen molar-refractivity contribution in [3.05, 3.63) is 52.0 Å². The third-order valence-electron chi connectivity index (χ3n) is 2.18. The van der Waals surface area contributed by atoms with Gasteiger partial charge in [0.15, 0.2) is 11.6 Å². The van der Waals surface area contributed by atoms with Gasteiger partial charge in [-0.15, -0.1) is 0 Å². The third-order valence-corrected chi connectivity index (χ3v) is 2.91. The van der Waals surface area contributed by atoms with E-state index < -0.39 is 5.82 Å². The van der Waals surface area contributed by atoms with Gasteiger partial charge in [0.1, 0.15) is 6.61 Å². The first-order valence-corrected chi connectivity index (χ1v) is 5.77. The van der Waals surface area contributed by atoms with E-state index in [1.165, 1.54) is 6.07 Å². The molecule has 0 unspecified atom stereocenters. The van der Waals surface area contributed by atoms with Crippen molar-refractivity contribution in [1.82, 2.24) is 0 Å². The minimum Gasteiger partial charge on any atom is -0.485 e. The molecule has 0 radical (unpaired) electrons. The summed E-state index contributed by atoms with van der Waals surface area (Å²) in [5.74, 6) is -0.307. The van der Waals surface area contributed by atoms with Crippen LogP contribution in [-0.2, 0) is 13.2 Å². The lowest BCUT2D eigenvalue weighted by Crippen LogP contribution is -2.00. The predicted molar refractivity (Wildman–Crippen MR) is 61.0 cm³/mol. The Morgan fingerprint density at radius 2 is 2.19 bits per heavy atom. The Labute approximate surface area is 96.9 Å². The van der Waals surface area contributed by atoms with Gasteiger partial charge in [0.2, 0.25) is 0 Å². The molecule has 1 N–H and O–H groups in total. The van der Waals surface area contributed by atoms with Crippen LogP contribution in [0, 0.1) is 5.82 Å². The molecule has 0 atom stereocenters. The van der Waals surface area contributed by atoms with Gasteiger partial charge < -0.3 is 9.84 Å². The van der Waals surface area contributed by atoms with Crippen molar-refractivity contribution in [1.29, 1.82) is 0 Å². The van der Waals surface area contributed by atoms with E-state index in [4.69, 9.17) is 9.84 Å². The molecule has 0 spiro atoms. The van der Waals surface area contributed by atoms with E-state index in [1.807, 2.05) is 16.8 Å². The zero-order valence-corrected chi connectivity index (χ0v) is 9.34. The predicted octanol–water partition coefficient (Wildman–Crippen LogP) is 2.96. The second kappa shape index (κ2) is 5.09. The summed E-state index contributed by atoms with van der Waals surface area (Å²) in [6.45, 7) is 0.0914. The molecular formula is C12H11FO2S. The van der Waals surface area contributed by atoms with Crippen molar-refractivity contribution in [3.8, 4) is 5.75 Å². The van der Waals surface area contributed by atoms with Gasteiger partial charge in [-0.2, -0.15) is 11.3 Å². The summed E-state index contributed by atoms with van der Waals surface area (Å²) in [7, 11) is 0. The van der Waals surface area contributed by atoms with Gasteiger partial charge in [0, 0.05) is 5.56 Å². The summed E-state index contributed by atoms with van der Waals surface area (Å²) in [6, 6.07) is 6.44. The minimum atomic E-state index is -0.443. The summed E-state index contributed by atoms with van der Waals surface area (Å²) < 4.78 is 18.8. The second-order valence-electron chi connectivity index (χ2n) is 3.31. The van der Waals surface area contributed by atoms with Gasteiger partial charge in [0.25, 0.3) is 0 Å². The maximum Gasteiger partial charge on any atom is 0.165 e. The molecule has 1 heterocycles. The molecule has 0 aliphatic heterocycles. The summed E-state index contributed by atoms with van der Waals surface area (Å²) in [5.41, 5.74) is 1.47. The van der Waals surface area contributed by atoms with Crippen molar-refractivity contribution < 1.29 is 14.2 Å². The Hall–Kier alpha value is -1.39. The van der Waals surface area contributed by atoms with Crippen LogP contribution in [0.4, 0.5) is 4.39 Å². The molecule has 16 heavy (non-hydrogen) atoms. The lowest BCUT2D eigenvalue weighted by molar-refractivity contribution is 0.251. The fourth-order valence-electron chi connectivity index (χ4n) is 1.37. The van der Waals surface area contributed by atoms with Crippen LogP contribution < -0.4 is 4.74 Å². The highest BCUT2D eigenvalue weighted by molar-refractivity contribution is 7.07. The van der Waals surface area contributed by atoms with Crippen molar-refractivity contribution in [2.24, 2.45) is 0 Å². The number of benzene rings is 1. The van der Waals surface area contributed by atoms with E-state index in [1.54, 1.807) is 23.5 Å². The van der Waals surface area contributed by atoms with Crippen LogP contribution in [0.15, 0.2) is 35.0 Å². The highest BCUT2D eigenvalue weighted by Crippen LogP contribution is 2.24. The van der Waals surface area contributed by atoms with E-state index in [-0.39, 0.29) is 12.4 Å². The van der Waals surface area contributed by atoms with Crippen molar-refractivity contribution in [2.45, 2.75) is 13.2 Å². The Bertz CT molecular complexity index is 454. The summed E-state index contributed by atoms with van der Waals surface area (Å²) in [4.78, 5) is 0. The van der Waals surface area contributed by atoms with Crippen LogP contribution in [0.25, 0.3) is 0 Å². The summed E-state index contributed by atoms with van der Waals surface area (Å²) >= 11 is 1.57. The van der Waals surface area contributed by atoms with Crippen LogP contribution in [0.3, 0.4) is 0 Å².